The Morgan fingerprint density at radius 3 is 2.38 bits per heavy atom. The zero-order valence-corrected chi connectivity index (χ0v) is 19.1. The van der Waals surface area contributed by atoms with Crippen molar-refractivity contribution in [2.45, 2.75) is 19.4 Å². The lowest BCUT2D eigenvalue weighted by molar-refractivity contribution is -0.118. The Labute approximate surface area is 191 Å². The topological polar surface area (TPSA) is 76.7 Å². The molecule has 0 aliphatic heterocycles. The summed E-state index contributed by atoms with van der Waals surface area (Å²) in [6, 6.07) is 18.2. The predicted octanol–water partition coefficient (Wildman–Crippen LogP) is 4.80. The third-order valence-corrected chi connectivity index (χ3v) is 5.70. The first-order valence-electron chi connectivity index (χ1n) is 10.2. The Bertz CT molecular complexity index is 1080. The van der Waals surface area contributed by atoms with Gasteiger partial charge in [-0.25, -0.2) is 0 Å². The molecule has 0 saturated heterocycles. The van der Waals surface area contributed by atoms with Crippen LogP contribution in [0.15, 0.2) is 71.7 Å². The van der Waals surface area contributed by atoms with Gasteiger partial charge in [-0.1, -0.05) is 43.3 Å². The SMILES string of the molecule is CC[C@H](NC(=O)/C(=C/c1cccs1)NC(=O)c1ccc(OC)c(OC)c1)c1ccccc1. The summed E-state index contributed by atoms with van der Waals surface area (Å²) in [7, 11) is 3.03. The molecular weight excluding hydrogens is 424 g/mol. The number of amides is 2. The van der Waals surface area contributed by atoms with Crippen LogP contribution in [0.3, 0.4) is 0 Å². The highest BCUT2D eigenvalue weighted by molar-refractivity contribution is 7.10. The van der Waals surface area contributed by atoms with E-state index in [0.717, 1.165) is 10.4 Å². The molecule has 166 valence electrons. The van der Waals surface area contributed by atoms with Crippen molar-refractivity contribution in [3.63, 3.8) is 0 Å². The fraction of sp³-hybridized carbons (Fsp3) is 0.200. The highest BCUT2D eigenvalue weighted by atomic mass is 32.1. The maximum Gasteiger partial charge on any atom is 0.268 e. The van der Waals surface area contributed by atoms with E-state index >= 15 is 0 Å². The van der Waals surface area contributed by atoms with Crippen LogP contribution in [0.4, 0.5) is 0 Å². The van der Waals surface area contributed by atoms with E-state index < -0.39 is 5.91 Å². The maximum absolute atomic E-state index is 13.2. The summed E-state index contributed by atoms with van der Waals surface area (Å²) < 4.78 is 10.5. The van der Waals surface area contributed by atoms with E-state index in [0.29, 0.717) is 23.5 Å². The van der Waals surface area contributed by atoms with Gasteiger partial charge in [0.05, 0.1) is 20.3 Å². The van der Waals surface area contributed by atoms with Gasteiger partial charge in [-0.15, -0.1) is 11.3 Å². The molecule has 2 N–H and O–H groups in total. The molecule has 0 fully saturated rings. The standard InChI is InChI=1S/C25H26N2O4S/c1-4-20(17-9-6-5-7-10-17)26-25(29)21(16-19-11-8-14-32-19)27-24(28)18-12-13-22(30-2)23(15-18)31-3/h5-16,20H,4H2,1-3H3,(H,26,29)(H,27,28)/b21-16-/t20-/m0/s1. The quantitative estimate of drug-likeness (QED) is 0.459. The second-order valence-corrected chi connectivity index (χ2v) is 7.92. The second-order valence-electron chi connectivity index (χ2n) is 6.94. The molecule has 2 amide bonds. The summed E-state index contributed by atoms with van der Waals surface area (Å²) in [5.41, 5.74) is 1.52. The normalized spacial score (nSPS) is 12.0. The van der Waals surface area contributed by atoms with E-state index in [-0.39, 0.29) is 17.6 Å². The zero-order chi connectivity index (χ0) is 22.9. The third kappa shape index (κ3) is 5.76. The van der Waals surface area contributed by atoms with Crippen LogP contribution in [0.2, 0.25) is 0 Å². The Morgan fingerprint density at radius 2 is 1.75 bits per heavy atom. The van der Waals surface area contributed by atoms with Crippen molar-refractivity contribution in [3.05, 3.63) is 87.7 Å². The first-order chi connectivity index (χ1) is 15.5. The Balaban J connectivity index is 1.85. The summed E-state index contributed by atoms with van der Waals surface area (Å²) in [4.78, 5) is 27.0. The van der Waals surface area contributed by atoms with Crippen LogP contribution < -0.4 is 20.1 Å². The van der Waals surface area contributed by atoms with Crippen LogP contribution in [-0.4, -0.2) is 26.0 Å². The van der Waals surface area contributed by atoms with Crippen molar-refractivity contribution >= 4 is 29.2 Å². The summed E-state index contributed by atoms with van der Waals surface area (Å²) in [5.74, 6) is 0.174. The van der Waals surface area contributed by atoms with E-state index in [1.54, 1.807) is 24.3 Å². The fourth-order valence-electron chi connectivity index (χ4n) is 3.19. The van der Waals surface area contributed by atoms with Crippen molar-refractivity contribution in [2.24, 2.45) is 0 Å². The van der Waals surface area contributed by atoms with E-state index in [1.807, 2.05) is 54.8 Å². The van der Waals surface area contributed by atoms with Gasteiger partial charge in [-0.2, -0.15) is 0 Å². The van der Waals surface area contributed by atoms with Crippen molar-refractivity contribution < 1.29 is 19.1 Å². The summed E-state index contributed by atoms with van der Waals surface area (Å²) in [6.45, 7) is 2.00. The van der Waals surface area contributed by atoms with Gasteiger partial charge in [0, 0.05) is 10.4 Å². The summed E-state index contributed by atoms with van der Waals surface area (Å²) >= 11 is 1.48. The third-order valence-electron chi connectivity index (χ3n) is 4.88. The molecule has 0 aliphatic carbocycles. The predicted molar refractivity (Wildman–Crippen MR) is 127 cm³/mol. The lowest BCUT2D eigenvalue weighted by atomic mass is 10.0. The van der Waals surface area contributed by atoms with Gasteiger partial charge in [0.1, 0.15) is 5.70 Å². The number of nitrogens with one attached hydrogen (secondary N) is 2. The highest BCUT2D eigenvalue weighted by Crippen LogP contribution is 2.27. The van der Waals surface area contributed by atoms with Gasteiger partial charge >= 0.3 is 0 Å². The molecule has 0 spiro atoms. The lowest BCUT2D eigenvalue weighted by Gasteiger charge is -2.19. The van der Waals surface area contributed by atoms with Crippen molar-refractivity contribution in [2.75, 3.05) is 14.2 Å². The molecule has 0 saturated carbocycles. The Kier molecular flexibility index (Phi) is 8.05. The zero-order valence-electron chi connectivity index (χ0n) is 18.3. The van der Waals surface area contributed by atoms with Crippen molar-refractivity contribution in [1.29, 1.82) is 0 Å². The molecule has 1 heterocycles. The van der Waals surface area contributed by atoms with Crippen LogP contribution in [0.25, 0.3) is 6.08 Å². The molecule has 2 aromatic carbocycles. The molecule has 0 unspecified atom stereocenters. The number of hydrogen-bond donors (Lipinski definition) is 2. The van der Waals surface area contributed by atoms with Gasteiger partial charge in [-0.05, 0) is 47.7 Å². The number of methoxy groups -OCH3 is 2. The summed E-state index contributed by atoms with van der Waals surface area (Å²) in [5, 5.41) is 7.71. The van der Waals surface area contributed by atoms with Gasteiger partial charge in [0.15, 0.2) is 11.5 Å². The van der Waals surface area contributed by atoms with Crippen LogP contribution in [0.5, 0.6) is 11.5 Å². The molecule has 0 bridgehead atoms. The fourth-order valence-corrected chi connectivity index (χ4v) is 3.85. The lowest BCUT2D eigenvalue weighted by Crippen LogP contribution is -2.36. The molecule has 7 heteroatoms. The van der Waals surface area contributed by atoms with E-state index in [4.69, 9.17) is 9.47 Å². The van der Waals surface area contributed by atoms with Gasteiger partial charge in [-0.3, -0.25) is 9.59 Å². The second kappa shape index (κ2) is 11.2. The molecule has 3 rings (SSSR count). The number of hydrogen-bond acceptors (Lipinski definition) is 5. The van der Waals surface area contributed by atoms with Gasteiger partial charge in [0.25, 0.3) is 11.8 Å². The van der Waals surface area contributed by atoms with E-state index in [2.05, 4.69) is 10.6 Å². The number of rotatable bonds is 9. The molecule has 0 aliphatic rings. The Hall–Kier alpha value is -3.58. The maximum atomic E-state index is 13.2. The first kappa shape index (κ1) is 23.1. The highest BCUT2D eigenvalue weighted by Gasteiger charge is 2.19. The van der Waals surface area contributed by atoms with Crippen LogP contribution in [0.1, 0.15) is 40.2 Å². The van der Waals surface area contributed by atoms with Crippen LogP contribution in [0, 0.1) is 0 Å². The summed E-state index contributed by atoms with van der Waals surface area (Å²) in [6.07, 6.45) is 2.39. The molecule has 3 aromatic rings. The number of carbonyl (C=O) groups is 2. The monoisotopic (exact) mass is 450 g/mol. The molecule has 0 radical (unpaired) electrons. The minimum absolute atomic E-state index is 0.168. The molecule has 1 aromatic heterocycles. The largest absolute Gasteiger partial charge is 0.493 e. The van der Waals surface area contributed by atoms with Crippen molar-refractivity contribution in [1.82, 2.24) is 10.6 Å². The number of carbonyl (C=O) groups excluding carboxylic acids is 2. The van der Waals surface area contributed by atoms with Crippen LogP contribution >= 0.6 is 11.3 Å². The number of thiophene rings is 1. The van der Waals surface area contributed by atoms with Crippen molar-refractivity contribution in [3.8, 4) is 11.5 Å². The smallest absolute Gasteiger partial charge is 0.268 e. The van der Waals surface area contributed by atoms with E-state index in [9.17, 15) is 9.59 Å². The first-order valence-corrected chi connectivity index (χ1v) is 11.1. The van der Waals surface area contributed by atoms with E-state index in [1.165, 1.54) is 25.6 Å². The number of benzene rings is 2. The molecule has 6 nitrogen and oxygen atoms in total. The average molecular weight is 451 g/mol. The average Bonchev–Trinajstić information content (AvgIpc) is 3.35. The minimum atomic E-state index is -0.420. The van der Waals surface area contributed by atoms with Gasteiger partial charge in [0.2, 0.25) is 0 Å². The van der Waals surface area contributed by atoms with Crippen LogP contribution in [-0.2, 0) is 4.79 Å². The Morgan fingerprint density at radius 1 is 1.00 bits per heavy atom. The molecule has 1 atom stereocenters. The minimum Gasteiger partial charge on any atom is -0.493 e. The van der Waals surface area contributed by atoms with Gasteiger partial charge < -0.3 is 20.1 Å². The molecular formula is C25H26N2O4S. The number of ether oxygens (including phenoxy) is 2. The molecule has 32 heavy (non-hydrogen) atoms.